The maximum Gasteiger partial charge on any atom is 0.187 e. The zero-order valence-electron chi connectivity index (χ0n) is 11.2. The molecule has 4 nitrogen and oxygen atoms in total. The quantitative estimate of drug-likeness (QED) is 0.466. The van der Waals surface area contributed by atoms with Crippen molar-refractivity contribution in [2.45, 2.75) is 43.8 Å². The van der Waals surface area contributed by atoms with Gasteiger partial charge in [0.25, 0.3) is 0 Å². The van der Waals surface area contributed by atoms with Gasteiger partial charge in [-0.1, -0.05) is 11.8 Å². The summed E-state index contributed by atoms with van der Waals surface area (Å²) in [6.45, 7) is 3.90. The normalized spacial score (nSPS) is 13.9. The molecule has 1 atom stereocenters. The minimum Gasteiger partial charge on any atom is -0.303 e. The third-order valence-electron chi connectivity index (χ3n) is 2.87. The van der Waals surface area contributed by atoms with Crippen LogP contribution in [0.3, 0.4) is 0 Å². The Morgan fingerprint density at radius 3 is 2.89 bits per heavy atom. The van der Waals surface area contributed by atoms with E-state index in [4.69, 9.17) is 5.26 Å². The van der Waals surface area contributed by atoms with E-state index < -0.39 is 5.54 Å². The van der Waals surface area contributed by atoms with Crippen LogP contribution in [0, 0.1) is 18.3 Å². The van der Waals surface area contributed by atoms with Crippen molar-refractivity contribution in [2.75, 3.05) is 12.8 Å². The van der Waals surface area contributed by atoms with Gasteiger partial charge in [-0.25, -0.2) is 9.97 Å². The summed E-state index contributed by atoms with van der Waals surface area (Å²) in [7, 11) is 1.83. The Morgan fingerprint density at radius 2 is 2.28 bits per heavy atom. The number of thioether (sulfide) groups is 1. The second-order valence-electron chi connectivity index (χ2n) is 4.48. The minimum absolute atomic E-state index is 0.398. The molecule has 0 saturated carbocycles. The zero-order valence-corrected chi connectivity index (χ0v) is 12.0. The molecule has 0 bridgehead atoms. The van der Waals surface area contributed by atoms with E-state index in [2.05, 4.69) is 21.4 Å². The highest BCUT2D eigenvalue weighted by molar-refractivity contribution is 7.99. The van der Waals surface area contributed by atoms with Gasteiger partial charge in [-0.15, -0.1) is 0 Å². The van der Waals surface area contributed by atoms with Gasteiger partial charge in [0.15, 0.2) is 5.16 Å². The Kier molecular flexibility index (Phi) is 6.10. The highest BCUT2D eigenvalue weighted by Crippen LogP contribution is 2.17. The molecular weight excluding hydrogens is 244 g/mol. The molecule has 1 aromatic rings. The van der Waals surface area contributed by atoms with Crippen LogP contribution in [0.4, 0.5) is 0 Å². The summed E-state index contributed by atoms with van der Waals surface area (Å²) >= 11 is 1.67. The molecule has 0 aliphatic carbocycles. The Morgan fingerprint density at radius 1 is 1.50 bits per heavy atom. The number of aryl methyl sites for hydroxylation is 1. The third-order valence-corrected chi connectivity index (χ3v) is 3.82. The number of nitriles is 1. The van der Waals surface area contributed by atoms with Gasteiger partial charge in [0, 0.05) is 17.6 Å². The first-order valence-corrected chi connectivity index (χ1v) is 7.11. The Balaban J connectivity index is 2.22. The van der Waals surface area contributed by atoms with Gasteiger partial charge < -0.3 is 5.32 Å². The molecule has 18 heavy (non-hydrogen) atoms. The van der Waals surface area contributed by atoms with Crippen molar-refractivity contribution < 1.29 is 0 Å². The van der Waals surface area contributed by atoms with Crippen LogP contribution in [0.2, 0.25) is 0 Å². The maximum absolute atomic E-state index is 9.01. The van der Waals surface area contributed by atoms with E-state index in [1.807, 2.05) is 27.0 Å². The molecule has 0 aliphatic heterocycles. The van der Waals surface area contributed by atoms with Gasteiger partial charge in [-0.2, -0.15) is 5.26 Å². The lowest BCUT2D eigenvalue weighted by atomic mass is 9.97. The van der Waals surface area contributed by atoms with Crippen LogP contribution < -0.4 is 5.32 Å². The highest BCUT2D eigenvalue weighted by atomic mass is 32.2. The first-order valence-electron chi connectivity index (χ1n) is 6.12. The van der Waals surface area contributed by atoms with E-state index in [-0.39, 0.29) is 0 Å². The Labute approximate surface area is 113 Å². The molecule has 0 spiro atoms. The standard InChI is InChI=1S/C13H20N4S/c1-11-6-8-16-12(17-11)18-9-5-4-7-13(2,10-14)15-3/h6,8,15H,4-5,7,9H2,1-3H3. The molecule has 1 rings (SSSR count). The topological polar surface area (TPSA) is 61.6 Å². The maximum atomic E-state index is 9.01. The molecule has 0 amide bonds. The molecule has 0 saturated heterocycles. The monoisotopic (exact) mass is 264 g/mol. The second kappa shape index (κ2) is 7.34. The average molecular weight is 264 g/mol. The van der Waals surface area contributed by atoms with Crippen molar-refractivity contribution in [1.29, 1.82) is 5.26 Å². The first kappa shape index (κ1) is 14.9. The molecule has 1 aromatic heterocycles. The summed E-state index contributed by atoms with van der Waals surface area (Å²) < 4.78 is 0. The average Bonchev–Trinajstić information content (AvgIpc) is 2.38. The smallest absolute Gasteiger partial charge is 0.187 e. The van der Waals surface area contributed by atoms with Crippen molar-refractivity contribution in [3.05, 3.63) is 18.0 Å². The van der Waals surface area contributed by atoms with Gasteiger partial charge in [0.05, 0.1) is 6.07 Å². The van der Waals surface area contributed by atoms with Gasteiger partial charge >= 0.3 is 0 Å². The van der Waals surface area contributed by atoms with Crippen molar-refractivity contribution in [2.24, 2.45) is 0 Å². The SMILES string of the molecule is CNC(C)(C#N)CCCCSc1nccc(C)n1. The number of aromatic nitrogens is 2. The predicted octanol–water partition coefficient (Wildman–Crippen LogP) is 2.55. The van der Waals surface area contributed by atoms with Crippen LogP contribution >= 0.6 is 11.8 Å². The molecule has 0 fully saturated rings. The van der Waals surface area contributed by atoms with Gasteiger partial charge in [-0.05, 0) is 46.2 Å². The number of nitrogens with one attached hydrogen (secondary N) is 1. The minimum atomic E-state index is -0.398. The van der Waals surface area contributed by atoms with E-state index >= 15 is 0 Å². The first-order chi connectivity index (χ1) is 8.59. The summed E-state index contributed by atoms with van der Waals surface area (Å²) in [5, 5.41) is 12.9. The number of unbranched alkanes of at least 4 members (excludes halogenated alkanes) is 1. The van der Waals surface area contributed by atoms with E-state index in [1.54, 1.807) is 18.0 Å². The summed E-state index contributed by atoms with van der Waals surface area (Å²) in [6, 6.07) is 4.20. The van der Waals surface area contributed by atoms with Crippen molar-refractivity contribution >= 4 is 11.8 Å². The summed E-state index contributed by atoms with van der Waals surface area (Å²) in [5.41, 5.74) is 0.601. The lowest BCUT2D eigenvalue weighted by Gasteiger charge is -2.20. The lowest BCUT2D eigenvalue weighted by molar-refractivity contribution is 0.439. The number of hydrogen-bond acceptors (Lipinski definition) is 5. The third kappa shape index (κ3) is 5.03. The molecule has 1 unspecified atom stereocenters. The Hall–Kier alpha value is -1.12. The lowest BCUT2D eigenvalue weighted by Crippen LogP contribution is -2.37. The van der Waals surface area contributed by atoms with Crippen LogP contribution in [-0.2, 0) is 0 Å². The van der Waals surface area contributed by atoms with E-state index in [0.29, 0.717) is 0 Å². The summed E-state index contributed by atoms with van der Waals surface area (Å²) in [4.78, 5) is 8.54. The largest absolute Gasteiger partial charge is 0.303 e. The summed E-state index contributed by atoms with van der Waals surface area (Å²) in [6.07, 6.45) is 4.76. The highest BCUT2D eigenvalue weighted by Gasteiger charge is 2.19. The van der Waals surface area contributed by atoms with Crippen molar-refractivity contribution in [3.8, 4) is 6.07 Å². The van der Waals surface area contributed by atoms with Gasteiger partial charge in [0.2, 0.25) is 0 Å². The molecule has 5 heteroatoms. The van der Waals surface area contributed by atoms with Gasteiger partial charge in [0.1, 0.15) is 5.54 Å². The van der Waals surface area contributed by atoms with Crippen LogP contribution in [0.15, 0.2) is 17.4 Å². The van der Waals surface area contributed by atoms with E-state index in [0.717, 1.165) is 35.9 Å². The second-order valence-corrected chi connectivity index (χ2v) is 5.54. The molecular formula is C13H20N4S. The molecule has 0 aliphatic rings. The van der Waals surface area contributed by atoms with Crippen molar-refractivity contribution in [1.82, 2.24) is 15.3 Å². The molecule has 0 radical (unpaired) electrons. The fourth-order valence-electron chi connectivity index (χ4n) is 1.48. The van der Waals surface area contributed by atoms with E-state index in [1.165, 1.54) is 0 Å². The van der Waals surface area contributed by atoms with Crippen LogP contribution in [0.1, 0.15) is 31.9 Å². The van der Waals surface area contributed by atoms with E-state index in [9.17, 15) is 0 Å². The zero-order chi connectivity index (χ0) is 13.4. The fraction of sp³-hybridized carbons (Fsp3) is 0.615. The molecule has 1 N–H and O–H groups in total. The number of nitrogens with zero attached hydrogens (tertiary/aromatic N) is 3. The van der Waals surface area contributed by atoms with Crippen LogP contribution in [0.25, 0.3) is 0 Å². The molecule has 98 valence electrons. The summed E-state index contributed by atoms with van der Waals surface area (Å²) in [5.74, 6) is 0.995. The number of hydrogen-bond donors (Lipinski definition) is 1. The van der Waals surface area contributed by atoms with Crippen LogP contribution in [0.5, 0.6) is 0 Å². The molecule has 1 heterocycles. The predicted molar refractivity (Wildman–Crippen MR) is 74.4 cm³/mol. The number of rotatable bonds is 7. The fourth-order valence-corrected chi connectivity index (χ4v) is 2.35. The van der Waals surface area contributed by atoms with Crippen molar-refractivity contribution in [3.63, 3.8) is 0 Å². The molecule has 0 aromatic carbocycles. The van der Waals surface area contributed by atoms with Gasteiger partial charge in [-0.3, -0.25) is 0 Å². The van der Waals surface area contributed by atoms with Crippen LogP contribution in [-0.4, -0.2) is 28.3 Å². The Bertz CT molecular complexity index is 416.